The second-order valence-electron chi connectivity index (χ2n) is 5.30. The largest absolute Gasteiger partial charge is 0.465 e. The minimum absolute atomic E-state index is 0.0107. The molecule has 3 rings (SSSR count). The van der Waals surface area contributed by atoms with Crippen LogP contribution < -0.4 is 9.47 Å². The number of rotatable bonds is 5. The number of nitro benzene ring substituents is 1. The number of carbonyl (C=O) groups excluding carboxylic acids is 2. The first-order valence-electron chi connectivity index (χ1n) is 7.48. The molecule has 1 aliphatic rings. The summed E-state index contributed by atoms with van der Waals surface area (Å²) in [7, 11) is 1.15. The molecule has 1 aliphatic heterocycles. The number of non-ortho nitro benzene ring substituents is 1. The predicted molar refractivity (Wildman–Crippen MR) is 90.0 cm³/mol. The van der Waals surface area contributed by atoms with Gasteiger partial charge in [-0.1, -0.05) is 18.2 Å². The molecule has 0 aliphatic carbocycles. The van der Waals surface area contributed by atoms with Crippen molar-refractivity contribution in [2.45, 2.75) is 0 Å². The molecule has 0 spiro atoms. The molecule has 8 nitrogen and oxygen atoms in total. The smallest absolute Gasteiger partial charge is 0.341 e. The number of fused-ring (bicyclic) bond motifs is 1. The van der Waals surface area contributed by atoms with Gasteiger partial charge in [-0.25, -0.2) is 4.79 Å². The summed E-state index contributed by atoms with van der Waals surface area (Å²) in [6.45, 7) is 0.0962. The molecule has 8 heteroatoms. The molecule has 0 fully saturated rings. The second kappa shape index (κ2) is 7.06. The Bertz CT molecular complexity index is 933. The molecule has 0 radical (unpaired) electrons. The highest BCUT2D eigenvalue weighted by molar-refractivity contribution is 6.27. The van der Waals surface area contributed by atoms with Crippen LogP contribution in [0.1, 0.15) is 15.9 Å². The molecule has 1 heterocycles. The summed E-state index contributed by atoms with van der Waals surface area (Å²) in [5, 5.41) is 10.9. The first-order chi connectivity index (χ1) is 12.5. The van der Waals surface area contributed by atoms with Crippen molar-refractivity contribution < 1.29 is 28.7 Å². The highest BCUT2D eigenvalue weighted by atomic mass is 16.7. The highest BCUT2D eigenvalue weighted by Gasteiger charge is 2.23. The number of nitro groups is 1. The van der Waals surface area contributed by atoms with Crippen molar-refractivity contribution in [3.05, 3.63) is 69.3 Å². The van der Waals surface area contributed by atoms with Crippen LogP contribution in [0.2, 0.25) is 0 Å². The average molecular weight is 355 g/mol. The summed E-state index contributed by atoms with van der Waals surface area (Å²) in [6.07, 6.45) is 1.34. The number of ether oxygens (including phenoxy) is 3. The topological polar surface area (TPSA) is 105 Å². The standard InChI is InChI=1S/C18H13NO7/c1-24-18(21)14(7-11-5-6-15-16(8-11)26-10-25-15)17(20)12-3-2-4-13(9-12)19(22)23/h2-9H,10H2,1H3/b14-7-. The fourth-order valence-electron chi connectivity index (χ4n) is 2.41. The van der Waals surface area contributed by atoms with Gasteiger partial charge in [0.25, 0.3) is 5.69 Å². The fraction of sp³-hybridized carbons (Fsp3) is 0.111. The van der Waals surface area contributed by atoms with Crippen LogP contribution in [0.15, 0.2) is 48.0 Å². The predicted octanol–water partition coefficient (Wildman–Crippen LogP) is 2.76. The van der Waals surface area contributed by atoms with E-state index >= 15 is 0 Å². The molecular formula is C18H13NO7. The first kappa shape index (κ1) is 17.2. The lowest BCUT2D eigenvalue weighted by molar-refractivity contribution is -0.384. The van der Waals surface area contributed by atoms with Crippen molar-refractivity contribution in [1.82, 2.24) is 0 Å². The lowest BCUT2D eigenvalue weighted by Gasteiger charge is -2.06. The minimum atomic E-state index is -0.848. The zero-order valence-corrected chi connectivity index (χ0v) is 13.6. The van der Waals surface area contributed by atoms with E-state index in [2.05, 4.69) is 4.74 Å². The van der Waals surface area contributed by atoms with Gasteiger partial charge in [-0.3, -0.25) is 14.9 Å². The van der Waals surface area contributed by atoms with Gasteiger partial charge in [-0.2, -0.15) is 0 Å². The molecule has 2 aromatic rings. The fourth-order valence-corrected chi connectivity index (χ4v) is 2.41. The molecule has 26 heavy (non-hydrogen) atoms. The normalized spacial score (nSPS) is 12.6. The van der Waals surface area contributed by atoms with E-state index in [4.69, 9.17) is 9.47 Å². The third-order valence-corrected chi connectivity index (χ3v) is 3.68. The number of benzene rings is 2. The van der Waals surface area contributed by atoms with Gasteiger partial charge >= 0.3 is 5.97 Å². The van der Waals surface area contributed by atoms with E-state index in [1.165, 1.54) is 24.3 Å². The van der Waals surface area contributed by atoms with Gasteiger partial charge in [0, 0.05) is 17.7 Å². The number of hydrogen-bond acceptors (Lipinski definition) is 7. The van der Waals surface area contributed by atoms with Crippen LogP contribution in [0, 0.1) is 10.1 Å². The first-order valence-corrected chi connectivity index (χ1v) is 7.48. The highest BCUT2D eigenvalue weighted by Crippen LogP contribution is 2.33. The molecule has 0 bridgehead atoms. The number of carbonyl (C=O) groups is 2. The van der Waals surface area contributed by atoms with Crippen molar-refractivity contribution in [2.24, 2.45) is 0 Å². The molecule has 0 N–H and O–H groups in total. The average Bonchev–Trinajstić information content (AvgIpc) is 3.12. The Morgan fingerprint density at radius 1 is 1.15 bits per heavy atom. The maximum atomic E-state index is 12.7. The number of esters is 1. The Kier molecular flexibility index (Phi) is 4.66. The van der Waals surface area contributed by atoms with Crippen LogP contribution in [-0.2, 0) is 9.53 Å². The van der Waals surface area contributed by atoms with Gasteiger partial charge in [0.15, 0.2) is 11.5 Å². The summed E-state index contributed by atoms with van der Waals surface area (Å²) in [5.74, 6) is -0.477. The van der Waals surface area contributed by atoms with Crippen LogP contribution in [-0.4, -0.2) is 30.6 Å². The molecule has 0 unspecified atom stereocenters. The van der Waals surface area contributed by atoms with E-state index in [1.807, 2.05) is 0 Å². The van der Waals surface area contributed by atoms with Crippen LogP contribution in [0.25, 0.3) is 6.08 Å². The second-order valence-corrected chi connectivity index (χ2v) is 5.30. The van der Waals surface area contributed by atoms with Crippen LogP contribution in [0.3, 0.4) is 0 Å². The molecule has 0 saturated carbocycles. The number of methoxy groups -OCH3 is 1. The van der Waals surface area contributed by atoms with Crippen molar-refractivity contribution in [3.8, 4) is 11.5 Å². The maximum Gasteiger partial charge on any atom is 0.341 e. The molecule has 0 aromatic heterocycles. The van der Waals surface area contributed by atoms with Gasteiger partial charge in [0.05, 0.1) is 12.0 Å². The van der Waals surface area contributed by atoms with Crippen molar-refractivity contribution in [1.29, 1.82) is 0 Å². The van der Waals surface area contributed by atoms with Gasteiger partial charge in [0.2, 0.25) is 12.6 Å². The summed E-state index contributed by atoms with van der Waals surface area (Å²) < 4.78 is 15.2. The van der Waals surface area contributed by atoms with Crippen LogP contribution >= 0.6 is 0 Å². The van der Waals surface area contributed by atoms with Crippen LogP contribution in [0.5, 0.6) is 11.5 Å². The summed E-state index contributed by atoms with van der Waals surface area (Å²) in [4.78, 5) is 35.1. The van der Waals surface area contributed by atoms with E-state index in [1.54, 1.807) is 18.2 Å². The summed E-state index contributed by atoms with van der Waals surface area (Å²) in [6, 6.07) is 10.1. The maximum absolute atomic E-state index is 12.7. The lowest BCUT2D eigenvalue weighted by Crippen LogP contribution is -2.15. The lowest BCUT2D eigenvalue weighted by atomic mass is 10.0. The van der Waals surface area contributed by atoms with Gasteiger partial charge in [-0.15, -0.1) is 0 Å². The quantitative estimate of drug-likeness (QED) is 0.154. The van der Waals surface area contributed by atoms with Crippen molar-refractivity contribution in [2.75, 3.05) is 13.9 Å². The summed E-state index contributed by atoms with van der Waals surface area (Å²) in [5.41, 5.74) is 0.0278. The third kappa shape index (κ3) is 3.39. The van der Waals surface area contributed by atoms with Crippen LogP contribution in [0.4, 0.5) is 5.69 Å². The van der Waals surface area contributed by atoms with Gasteiger partial charge in [-0.05, 0) is 23.8 Å². The Hall–Kier alpha value is -3.68. The molecule has 0 amide bonds. The summed E-state index contributed by atoms with van der Waals surface area (Å²) >= 11 is 0. The SMILES string of the molecule is COC(=O)/C(=C\c1ccc2c(c1)OCO2)C(=O)c1cccc([N+](=O)[O-])c1. The molecule has 2 aromatic carbocycles. The number of Topliss-reactive ketones (excluding diaryl/α,β-unsaturated/α-hetero) is 1. The van der Waals surface area contributed by atoms with E-state index in [0.717, 1.165) is 13.2 Å². The molecular weight excluding hydrogens is 342 g/mol. The van der Waals surface area contributed by atoms with E-state index in [0.29, 0.717) is 17.1 Å². The molecule has 132 valence electrons. The van der Waals surface area contributed by atoms with Gasteiger partial charge < -0.3 is 14.2 Å². The molecule has 0 saturated heterocycles. The van der Waals surface area contributed by atoms with Crippen molar-refractivity contribution in [3.63, 3.8) is 0 Å². The van der Waals surface area contributed by atoms with Gasteiger partial charge in [0.1, 0.15) is 5.57 Å². The Morgan fingerprint density at radius 2 is 1.92 bits per heavy atom. The monoisotopic (exact) mass is 355 g/mol. The zero-order valence-electron chi connectivity index (χ0n) is 13.6. The number of ketones is 1. The van der Waals surface area contributed by atoms with E-state index in [9.17, 15) is 19.7 Å². The number of hydrogen-bond donors (Lipinski definition) is 0. The zero-order chi connectivity index (χ0) is 18.7. The van der Waals surface area contributed by atoms with E-state index in [-0.39, 0.29) is 23.6 Å². The third-order valence-electron chi connectivity index (χ3n) is 3.68. The molecule has 0 atom stereocenters. The Balaban J connectivity index is 2.00. The Morgan fingerprint density at radius 3 is 2.65 bits per heavy atom. The Labute approximate surface area is 147 Å². The minimum Gasteiger partial charge on any atom is -0.465 e. The van der Waals surface area contributed by atoms with Crippen molar-refractivity contribution >= 4 is 23.5 Å². The van der Waals surface area contributed by atoms with E-state index < -0.39 is 16.7 Å². The number of nitrogens with zero attached hydrogens (tertiary/aromatic N) is 1.